The van der Waals surface area contributed by atoms with Gasteiger partial charge >= 0.3 is 6.18 Å². The zero-order valence-corrected chi connectivity index (χ0v) is 9.42. The molecule has 1 amide bonds. The highest BCUT2D eigenvalue weighted by atomic mass is 19.4. The Morgan fingerprint density at radius 1 is 1.28 bits per heavy atom. The molecule has 18 heavy (non-hydrogen) atoms. The molecule has 4 nitrogen and oxygen atoms in total. The minimum absolute atomic E-state index is 0.0288. The van der Waals surface area contributed by atoms with Gasteiger partial charge in [0.05, 0.1) is 13.1 Å². The second kappa shape index (κ2) is 6.25. The number of carbonyl (C=O) groups is 1. The second-order valence-corrected chi connectivity index (χ2v) is 3.62. The number of hydrogen-bond acceptors (Lipinski definition) is 3. The predicted octanol–water partition coefficient (Wildman–Crippen LogP) is 1.16. The first-order valence-corrected chi connectivity index (χ1v) is 5.19. The van der Waals surface area contributed by atoms with Gasteiger partial charge in [-0.2, -0.15) is 13.2 Å². The summed E-state index contributed by atoms with van der Waals surface area (Å²) in [4.78, 5) is 11.2. The van der Waals surface area contributed by atoms with Crippen LogP contribution in [-0.4, -0.2) is 30.3 Å². The van der Waals surface area contributed by atoms with Gasteiger partial charge in [-0.15, -0.1) is 0 Å². The Bertz CT molecular complexity index is 408. The second-order valence-electron chi connectivity index (χ2n) is 3.62. The van der Waals surface area contributed by atoms with Gasteiger partial charge in [-0.1, -0.05) is 18.2 Å². The quantitative estimate of drug-likeness (QED) is 0.746. The Hall–Kier alpha value is -1.76. The van der Waals surface area contributed by atoms with Gasteiger partial charge in [0.2, 0.25) is 5.91 Å². The number of hydrogen-bond donors (Lipinski definition) is 3. The molecular formula is C11H13F3N2O2. The molecule has 7 heteroatoms. The fourth-order valence-corrected chi connectivity index (χ4v) is 1.23. The minimum Gasteiger partial charge on any atom is -0.508 e. The molecule has 1 aromatic carbocycles. The van der Waals surface area contributed by atoms with Gasteiger partial charge in [0.1, 0.15) is 5.75 Å². The topological polar surface area (TPSA) is 61.4 Å². The Labute approximate surface area is 102 Å². The summed E-state index contributed by atoms with van der Waals surface area (Å²) < 4.78 is 35.3. The maximum absolute atomic E-state index is 11.8. The first-order chi connectivity index (χ1) is 8.38. The molecule has 1 rings (SSSR count). The van der Waals surface area contributed by atoms with E-state index >= 15 is 0 Å². The molecule has 100 valence electrons. The Balaban J connectivity index is 2.28. The first-order valence-electron chi connectivity index (χ1n) is 5.19. The summed E-state index contributed by atoms with van der Waals surface area (Å²) in [7, 11) is 0. The molecule has 0 radical (unpaired) electrons. The summed E-state index contributed by atoms with van der Waals surface area (Å²) in [5.74, 6) is -0.538. The van der Waals surface area contributed by atoms with Crippen molar-refractivity contribution in [3.05, 3.63) is 29.8 Å². The van der Waals surface area contributed by atoms with E-state index in [0.717, 1.165) is 0 Å². The number of aromatic hydroxyl groups is 1. The summed E-state index contributed by atoms with van der Waals surface area (Å²) in [5, 5.41) is 13.8. The van der Waals surface area contributed by atoms with Gasteiger partial charge in [0.25, 0.3) is 0 Å². The lowest BCUT2D eigenvalue weighted by molar-refractivity contribution is -0.128. The number of phenols is 1. The van der Waals surface area contributed by atoms with Gasteiger partial charge in [-0.3, -0.25) is 4.79 Å². The van der Waals surface area contributed by atoms with Crippen molar-refractivity contribution < 1.29 is 23.1 Å². The molecule has 0 saturated heterocycles. The van der Waals surface area contributed by atoms with Crippen molar-refractivity contribution in [2.24, 2.45) is 0 Å². The van der Waals surface area contributed by atoms with Gasteiger partial charge in [-0.25, -0.2) is 0 Å². The van der Waals surface area contributed by atoms with Crippen LogP contribution in [0, 0.1) is 0 Å². The SMILES string of the molecule is O=C(CNCC(F)(F)F)NCc1ccccc1O. The van der Waals surface area contributed by atoms with Gasteiger partial charge < -0.3 is 15.7 Å². The lowest BCUT2D eigenvalue weighted by Gasteiger charge is -2.09. The molecule has 0 atom stereocenters. The number of halogens is 3. The number of amides is 1. The lowest BCUT2D eigenvalue weighted by atomic mass is 10.2. The van der Waals surface area contributed by atoms with Crippen LogP contribution in [-0.2, 0) is 11.3 Å². The molecule has 0 spiro atoms. The van der Waals surface area contributed by atoms with Crippen molar-refractivity contribution in [3.8, 4) is 5.75 Å². The fourth-order valence-electron chi connectivity index (χ4n) is 1.23. The van der Waals surface area contributed by atoms with Crippen molar-refractivity contribution in [2.75, 3.05) is 13.1 Å². The van der Waals surface area contributed by atoms with Crippen molar-refractivity contribution in [2.45, 2.75) is 12.7 Å². The fraction of sp³-hybridized carbons (Fsp3) is 0.364. The third-order valence-corrected chi connectivity index (χ3v) is 2.08. The third kappa shape index (κ3) is 5.53. The van der Waals surface area contributed by atoms with Crippen molar-refractivity contribution in [1.82, 2.24) is 10.6 Å². The average Bonchev–Trinajstić information content (AvgIpc) is 2.26. The minimum atomic E-state index is -4.34. The molecule has 0 aromatic heterocycles. The number of alkyl halides is 3. The number of nitrogens with one attached hydrogen (secondary N) is 2. The Morgan fingerprint density at radius 3 is 2.56 bits per heavy atom. The molecule has 0 fully saturated rings. The normalized spacial score (nSPS) is 11.3. The van der Waals surface area contributed by atoms with E-state index < -0.39 is 25.2 Å². The van der Waals surface area contributed by atoms with Crippen LogP contribution >= 0.6 is 0 Å². The van der Waals surface area contributed by atoms with Gasteiger partial charge in [-0.05, 0) is 6.07 Å². The smallest absolute Gasteiger partial charge is 0.401 e. The van der Waals surface area contributed by atoms with Gasteiger partial charge in [0.15, 0.2) is 0 Å². The standard InChI is InChI=1S/C11H13F3N2O2/c12-11(13,14)7-15-6-10(18)16-5-8-3-1-2-4-9(8)17/h1-4,15,17H,5-7H2,(H,16,18). The van der Waals surface area contributed by atoms with E-state index in [1.54, 1.807) is 18.2 Å². The van der Waals surface area contributed by atoms with E-state index in [9.17, 15) is 23.1 Å². The van der Waals surface area contributed by atoms with Crippen LogP contribution in [0.1, 0.15) is 5.56 Å². The van der Waals surface area contributed by atoms with Crippen molar-refractivity contribution >= 4 is 5.91 Å². The first kappa shape index (κ1) is 14.3. The third-order valence-electron chi connectivity index (χ3n) is 2.08. The number of rotatable bonds is 5. The van der Waals surface area contributed by atoms with Gasteiger partial charge in [0, 0.05) is 12.1 Å². The molecule has 0 unspecified atom stereocenters. The zero-order chi connectivity index (χ0) is 13.6. The Morgan fingerprint density at radius 2 is 1.94 bits per heavy atom. The molecule has 0 aliphatic rings. The zero-order valence-electron chi connectivity index (χ0n) is 9.42. The van der Waals surface area contributed by atoms with Crippen LogP contribution in [0.5, 0.6) is 5.75 Å². The molecule has 0 heterocycles. The molecular weight excluding hydrogens is 249 g/mol. The van der Waals surface area contributed by atoms with E-state index in [1.807, 2.05) is 5.32 Å². The molecule has 0 aliphatic carbocycles. The number of para-hydroxylation sites is 1. The van der Waals surface area contributed by atoms with Crippen LogP contribution in [0.3, 0.4) is 0 Å². The van der Waals surface area contributed by atoms with E-state index in [2.05, 4.69) is 5.32 Å². The number of carbonyl (C=O) groups excluding carboxylic acids is 1. The summed E-state index contributed by atoms with van der Waals surface area (Å²) in [6.45, 7) is -1.57. The van der Waals surface area contributed by atoms with Crippen LogP contribution in [0.2, 0.25) is 0 Å². The van der Waals surface area contributed by atoms with Crippen LogP contribution in [0.4, 0.5) is 13.2 Å². The average molecular weight is 262 g/mol. The Kier molecular flexibility index (Phi) is 4.96. The maximum atomic E-state index is 11.8. The molecule has 1 aromatic rings. The highest BCUT2D eigenvalue weighted by molar-refractivity contribution is 5.78. The van der Waals surface area contributed by atoms with Crippen LogP contribution < -0.4 is 10.6 Å². The summed E-state index contributed by atoms with van der Waals surface area (Å²) in [6.07, 6.45) is -4.34. The predicted molar refractivity (Wildman–Crippen MR) is 58.9 cm³/mol. The van der Waals surface area contributed by atoms with E-state index in [4.69, 9.17) is 0 Å². The summed E-state index contributed by atoms with van der Waals surface area (Å²) >= 11 is 0. The van der Waals surface area contributed by atoms with Crippen LogP contribution in [0.25, 0.3) is 0 Å². The van der Waals surface area contributed by atoms with Crippen LogP contribution in [0.15, 0.2) is 24.3 Å². The maximum Gasteiger partial charge on any atom is 0.401 e. The van der Waals surface area contributed by atoms with E-state index in [-0.39, 0.29) is 12.3 Å². The molecule has 3 N–H and O–H groups in total. The lowest BCUT2D eigenvalue weighted by Crippen LogP contribution is -2.38. The highest BCUT2D eigenvalue weighted by Gasteiger charge is 2.26. The largest absolute Gasteiger partial charge is 0.508 e. The summed E-state index contributed by atoms with van der Waals surface area (Å²) in [5.41, 5.74) is 0.502. The molecule has 0 saturated carbocycles. The number of phenolic OH excluding ortho intramolecular Hbond substituents is 1. The molecule has 0 bridgehead atoms. The van der Waals surface area contributed by atoms with E-state index in [1.165, 1.54) is 6.07 Å². The molecule has 0 aliphatic heterocycles. The van der Waals surface area contributed by atoms with Crippen molar-refractivity contribution in [3.63, 3.8) is 0 Å². The number of benzene rings is 1. The monoisotopic (exact) mass is 262 g/mol. The van der Waals surface area contributed by atoms with E-state index in [0.29, 0.717) is 5.56 Å². The highest BCUT2D eigenvalue weighted by Crippen LogP contribution is 2.14. The summed E-state index contributed by atoms with van der Waals surface area (Å²) in [6, 6.07) is 6.39. The van der Waals surface area contributed by atoms with Crippen molar-refractivity contribution in [1.29, 1.82) is 0 Å².